The van der Waals surface area contributed by atoms with Gasteiger partial charge in [-0.3, -0.25) is 4.79 Å². The number of fused-ring (bicyclic) bond motifs is 1. The van der Waals surface area contributed by atoms with Gasteiger partial charge in [0.15, 0.2) is 0 Å². The van der Waals surface area contributed by atoms with Gasteiger partial charge in [-0.15, -0.1) is 0 Å². The van der Waals surface area contributed by atoms with Crippen LogP contribution in [0.5, 0.6) is 0 Å². The van der Waals surface area contributed by atoms with E-state index in [9.17, 15) is 13.2 Å². The highest BCUT2D eigenvalue weighted by molar-refractivity contribution is 7.89. The SMILES string of the molecule is O=C(C1CCOC1)N1CCCN(S(=O)(=O)c2cccc3nsnc23)CC1. The summed E-state index contributed by atoms with van der Waals surface area (Å²) >= 11 is 1.00. The molecular formula is C16H20N4O4S2. The molecule has 2 saturated heterocycles. The summed E-state index contributed by atoms with van der Waals surface area (Å²) in [5.41, 5.74) is 1.00. The smallest absolute Gasteiger partial charge is 0.245 e. The van der Waals surface area contributed by atoms with Crippen LogP contribution in [0.15, 0.2) is 23.1 Å². The number of aromatic nitrogens is 2. The third-order valence-electron chi connectivity index (χ3n) is 4.91. The Morgan fingerprint density at radius 2 is 2.08 bits per heavy atom. The molecule has 8 nitrogen and oxygen atoms in total. The van der Waals surface area contributed by atoms with Crippen molar-refractivity contribution in [3.63, 3.8) is 0 Å². The first-order valence-electron chi connectivity index (χ1n) is 8.65. The molecule has 10 heteroatoms. The van der Waals surface area contributed by atoms with Crippen LogP contribution >= 0.6 is 11.7 Å². The Balaban J connectivity index is 1.53. The van der Waals surface area contributed by atoms with Gasteiger partial charge in [-0.2, -0.15) is 13.1 Å². The molecule has 1 amide bonds. The number of benzene rings is 1. The monoisotopic (exact) mass is 396 g/mol. The van der Waals surface area contributed by atoms with Gasteiger partial charge < -0.3 is 9.64 Å². The molecule has 1 atom stereocenters. The van der Waals surface area contributed by atoms with Gasteiger partial charge in [0.05, 0.1) is 24.3 Å². The number of rotatable bonds is 3. The summed E-state index contributed by atoms with van der Waals surface area (Å²) in [5, 5.41) is 0. The number of ether oxygens (including phenoxy) is 1. The van der Waals surface area contributed by atoms with Crippen molar-refractivity contribution in [2.75, 3.05) is 39.4 Å². The summed E-state index contributed by atoms with van der Waals surface area (Å²) in [6.45, 7) is 2.74. The van der Waals surface area contributed by atoms with E-state index in [4.69, 9.17) is 4.74 Å². The number of hydrogen-bond acceptors (Lipinski definition) is 7. The van der Waals surface area contributed by atoms with Gasteiger partial charge in [0.25, 0.3) is 0 Å². The molecule has 140 valence electrons. The zero-order chi connectivity index (χ0) is 18.1. The van der Waals surface area contributed by atoms with E-state index in [0.29, 0.717) is 50.3 Å². The Morgan fingerprint density at radius 3 is 2.88 bits per heavy atom. The molecule has 3 heterocycles. The van der Waals surface area contributed by atoms with E-state index in [-0.39, 0.29) is 23.3 Å². The lowest BCUT2D eigenvalue weighted by Gasteiger charge is -2.24. The van der Waals surface area contributed by atoms with E-state index in [1.54, 1.807) is 23.1 Å². The minimum atomic E-state index is -3.68. The van der Waals surface area contributed by atoms with Crippen LogP contribution in [0, 0.1) is 5.92 Å². The van der Waals surface area contributed by atoms with Gasteiger partial charge in [0.2, 0.25) is 15.9 Å². The summed E-state index contributed by atoms with van der Waals surface area (Å²) in [7, 11) is -3.68. The van der Waals surface area contributed by atoms with E-state index in [1.165, 1.54) is 4.31 Å². The average Bonchev–Trinajstić information content (AvgIpc) is 3.27. The van der Waals surface area contributed by atoms with E-state index in [0.717, 1.165) is 18.1 Å². The largest absolute Gasteiger partial charge is 0.381 e. The van der Waals surface area contributed by atoms with Crippen molar-refractivity contribution in [2.45, 2.75) is 17.7 Å². The highest BCUT2D eigenvalue weighted by atomic mass is 32.2. The van der Waals surface area contributed by atoms with Crippen LogP contribution in [0.1, 0.15) is 12.8 Å². The molecule has 2 aromatic rings. The van der Waals surface area contributed by atoms with Crippen molar-refractivity contribution in [1.82, 2.24) is 18.0 Å². The molecular weight excluding hydrogens is 376 g/mol. The van der Waals surface area contributed by atoms with Gasteiger partial charge in [-0.1, -0.05) is 6.07 Å². The van der Waals surface area contributed by atoms with Crippen LogP contribution in [0.25, 0.3) is 11.0 Å². The lowest BCUT2D eigenvalue weighted by molar-refractivity contribution is -0.135. The van der Waals surface area contributed by atoms with Crippen molar-refractivity contribution in [1.29, 1.82) is 0 Å². The Morgan fingerprint density at radius 1 is 1.19 bits per heavy atom. The molecule has 4 rings (SSSR count). The summed E-state index contributed by atoms with van der Waals surface area (Å²) in [5.74, 6) is -0.0134. The van der Waals surface area contributed by atoms with Crippen LogP contribution in [0.2, 0.25) is 0 Å². The Labute approximate surface area is 156 Å². The van der Waals surface area contributed by atoms with Crippen LogP contribution < -0.4 is 0 Å². The Hall–Kier alpha value is -1.62. The molecule has 0 spiro atoms. The topological polar surface area (TPSA) is 92.7 Å². The van der Waals surface area contributed by atoms with E-state index < -0.39 is 10.0 Å². The maximum absolute atomic E-state index is 13.1. The predicted octanol–water partition coefficient (Wildman–Crippen LogP) is 0.951. The molecule has 0 aliphatic carbocycles. The number of carbonyl (C=O) groups is 1. The second-order valence-electron chi connectivity index (χ2n) is 6.53. The summed E-state index contributed by atoms with van der Waals surface area (Å²) in [6.07, 6.45) is 1.36. The first kappa shape index (κ1) is 17.8. The molecule has 1 aromatic carbocycles. The number of nitrogens with zero attached hydrogens (tertiary/aromatic N) is 4. The lowest BCUT2D eigenvalue weighted by atomic mass is 10.1. The number of amides is 1. The molecule has 0 N–H and O–H groups in total. The van der Waals surface area contributed by atoms with Gasteiger partial charge in [0.1, 0.15) is 15.9 Å². The summed E-state index contributed by atoms with van der Waals surface area (Å²) < 4.78 is 41.3. The highest BCUT2D eigenvalue weighted by Crippen LogP contribution is 2.25. The summed E-state index contributed by atoms with van der Waals surface area (Å²) in [6, 6.07) is 5.01. The third-order valence-corrected chi connectivity index (χ3v) is 7.39. The molecule has 0 bridgehead atoms. The maximum atomic E-state index is 13.1. The standard InChI is InChI=1S/C16H20N4O4S2/c21-16(12-5-10-24-11-12)19-6-2-7-20(9-8-19)26(22,23)14-4-1-3-13-15(14)18-25-17-13/h1,3-4,12H,2,5-11H2. The van der Waals surface area contributed by atoms with Crippen molar-refractivity contribution < 1.29 is 17.9 Å². The van der Waals surface area contributed by atoms with Crippen LogP contribution in [-0.2, 0) is 19.6 Å². The van der Waals surface area contributed by atoms with E-state index >= 15 is 0 Å². The number of hydrogen-bond donors (Lipinski definition) is 0. The highest BCUT2D eigenvalue weighted by Gasteiger charge is 2.33. The van der Waals surface area contributed by atoms with E-state index in [2.05, 4.69) is 8.75 Å². The van der Waals surface area contributed by atoms with Gasteiger partial charge in [0, 0.05) is 32.8 Å². The first-order chi connectivity index (χ1) is 12.6. The Kier molecular flexibility index (Phi) is 4.91. The first-order valence-corrected chi connectivity index (χ1v) is 10.8. The van der Waals surface area contributed by atoms with Crippen LogP contribution in [-0.4, -0.2) is 71.7 Å². The molecule has 2 aliphatic rings. The second kappa shape index (κ2) is 7.18. The van der Waals surface area contributed by atoms with Crippen LogP contribution in [0.3, 0.4) is 0 Å². The maximum Gasteiger partial charge on any atom is 0.245 e. The lowest BCUT2D eigenvalue weighted by Crippen LogP contribution is -2.40. The van der Waals surface area contributed by atoms with E-state index in [1.807, 2.05) is 0 Å². The molecule has 2 fully saturated rings. The predicted molar refractivity (Wildman–Crippen MR) is 96.3 cm³/mol. The zero-order valence-electron chi connectivity index (χ0n) is 14.2. The second-order valence-corrected chi connectivity index (χ2v) is 8.97. The molecule has 0 saturated carbocycles. The molecule has 1 aromatic heterocycles. The minimum Gasteiger partial charge on any atom is -0.381 e. The van der Waals surface area contributed by atoms with Crippen molar-refractivity contribution >= 4 is 38.7 Å². The molecule has 1 unspecified atom stereocenters. The van der Waals surface area contributed by atoms with Crippen LogP contribution in [0.4, 0.5) is 0 Å². The number of sulfonamides is 1. The summed E-state index contributed by atoms with van der Waals surface area (Å²) in [4.78, 5) is 14.5. The van der Waals surface area contributed by atoms with Gasteiger partial charge in [-0.05, 0) is 25.0 Å². The van der Waals surface area contributed by atoms with Crippen molar-refractivity contribution in [3.05, 3.63) is 18.2 Å². The fraction of sp³-hybridized carbons (Fsp3) is 0.562. The normalized spacial score (nSPS) is 22.6. The zero-order valence-corrected chi connectivity index (χ0v) is 15.8. The Bertz CT molecular complexity index is 908. The van der Waals surface area contributed by atoms with Gasteiger partial charge >= 0.3 is 0 Å². The fourth-order valence-electron chi connectivity index (χ4n) is 3.47. The minimum absolute atomic E-state index is 0.0764. The molecule has 2 aliphatic heterocycles. The molecule has 26 heavy (non-hydrogen) atoms. The number of carbonyl (C=O) groups excluding carboxylic acids is 1. The quantitative estimate of drug-likeness (QED) is 0.767. The van der Waals surface area contributed by atoms with Crippen molar-refractivity contribution in [3.8, 4) is 0 Å². The third kappa shape index (κ3) is 3.22. The van der Waals surface area contributed by atoms with Gasteiger partial charge in [-0.25, -0.2) is 8.42 Å². The fourth-order valence-corrected chi connectivity index (χ4v) is 5.69. The van der Waals surface area contributed by atoms with Crippen molar-refractivity contribution in [2.24, 2.45) is 5.92 Å². The molecule has 0 radical (unpaired) electrons. The average molecular weight is 396 g/mol.